The average Bonchev–Trinajstić information content (AvgIpc) is 2.84. The van der Waals surface area contributed by atoms with Crippen molar-refractivity contribution in [2.75, 3.05) is 0 Å². The fraction of sp³-hybridized carbons (Fsp3) is 0.300. The van der Waals surface area contributed by atoms with Gasteiger partial charge in [0.2, 0.25) is 0 Å². The molecule has 0 spiro atoms. The Morgan fingerprint density at radius 2 is 2.44 bits per heavy atom. The van der Waals surface area contributed by atoms with E-state index in [0.717, 1.165) is 10.7 Å². The summed E-state index contributed by atoms with van der Waals surface area (Å²) in [6.45, 7) is 2.40. The normalized spacial score (nSPS) is 10.4. The van der Waals surface area contributed by atoms with Crippen LogP contribution in [0.3, 0.4) is 0 Å². The van der Waals surface area contributed by atoms with E-state index < -0.39 is 0 Å². The van der Waals surface area contributed by atoms with Crippen molar-refractivity contribution in [2.24, 2.45) is 7.05 Å². The third kappa shape index (κ3) is 2.46. The first-order valence-electron chi connectivity index (χ1n) is 4.83. The Kier molecular flexibility index (Phi) is 3.00. The molecule has 2 rings (SSSR count). The summed E-state index contributed by atoms with van der Waals surface area (Å²) in [6, 6.07) is 0. The average molecular weight is 236 g/mol. The molecule has 0 aromatic carbocycles. The van der Waals surface area contributed by atoms with Gasteiger partial charge in [-0.15, -0.1) is 11.3 Å². The quantitative estimate of drug-likeness (QED) is 0.868. The van der Waals surface area contributed by atoms with E-state index in [1.165, 1.54) is 0 Å². The molecule has 0 radical (unpaired) electrons. The maximum Gasteiger partial charge on any atom is 0.254 e. The predicted octanol–water partition coefficient (Wildman–Crippen LogP) is 1.12. The van der Waals surface area contributed by atoms with Crippen LogP contribution >= 0.6 is 11.3 Å². The van der Waals surface area contributed by atoms with Gasteiger partial charge in [0, 0.05) is 18.6 Å². The van der Waals surface area contributed by atoms with Gasteiger partial charge in [0.1, 0.15) is 0 Å². The molecule has 0 aliphatic heterocycles. The zero-order chi connectivity index (χ0) is 11.5. The zero-order valence-corrected chi connectivity index (χ0v) is 9.91. The first kappa shape index (κ1) is 10.8. The maximum absolute atomic E-state index is 11.6. The Balaban J connectivity index is 1.93. The van der Waals surface area contributed by atoms with Crippen LogP contribution in [0.2, 0.25) is 0 Å². The largest absolute Gasteiger partial charge is 0.346 e. The minimum Gasteiger partial charge on any atom is -0.346 e. The van der Waals surface area contributed by atoms with Crippen molar-refractivity contribution in [1.29, 1.82) is 0 Å². The summed E-state index contributed by atoms with van der Waals surface area (Å²) in [5.74, 6) is -0.126. The highest BCUT2D eigenvalue weighted by molar-refractivity contribution is 7.09. The van der Waals surface area contributed by atoms with Crippen LogP contribution in [-0.2, 0) is 13.6 Å². The second-order valence-corrected chi connectivity index (χ2v) is 4.51. The number of nitrogens with zero attached hydrogens (tertiary/aromatic N) is 3. The highest BCUT2D eigenvalue weighted by atomic mass is 32.1. The van der Waals surface area contributed by atoms with Crippen LogP contribution in [0.1, 0.15) is 21.1 Å². The van der Waals surface area contributed by atoms with Gasteiger partial charge >= 0.3 is 0 Å². The lowest BCUT2D eigenvalue weighted by Gasteiger charge is -1.99. The van der Waals surface area contributed by atoms with Crippen molar-refractivity contribution in [3.63, 3.8) is 0 Å². The molecule has 2 heterocycles. The highest BCUT2D eigenvalue weighted by Crippen LogP contribution is 2.07. The van der Waals surface area contributed by atoms with E-state index in [1.54, 1.807) is 35.5 Å². The van der Waals surface area contributed by atoms with E-state index in [0.29, 0.717) is 12.1 Å². The molecule has 1 amide bonds. The Hall–Kier alpha value is -1.69. The van der Waals surface area contributed by atoms with Gasteiger partial charge < -0.3 is 5.32 Å². The number of hydrogen-bond acceptors (Lipinski definition) is 4. The zero-order valence-electron chi connectivity index (χ0n) is 9.10. The number of carbonyl (C=O) groups is 1. The molecule has 16 heavy (non-hydrogen) atoms. The van der Waals surface area contributed by atoms with Crippen molar-refractivity contribution in [3.05, 3.63) is 34.0 Å². The van der Waals surface area contributed by atoms with Crippen LogP contribution in [0.4, 0.5) is 0 Å². The van der Waals surface area contributed by atoms with Gasteiger partial charge in [-0.05, 0) is 6.92 Å². The van der Waals surface area contributed by atoms with E-state index in [4.69, 9.17) is 0 Å². The van der Waals surface area contributed by atoms with Crippen LogP contribution < -0.4 is 5.32 Å². The molecular weight excluding hydrogens is 224 g/mol. The molecule has 0 unspecified atom stereocenters. The van der Waals surface area contributed by atoms with E-state index in [1.807, 2.05) is 12.3 Å². The minimum absolute atomic E-state index is 0.126. The standard InChI is InChI=1S/C10H12N4OS/c1-7-13-9(6-16-7)4-11-10(15)8-3-12-14(2)5-8/h3,5-6H,4H2,1-2H3,(H,11,15). The molecule has 0 atom stereocenters. The van der Waals surface area contributed by atoms with E-state index in [2.05, 4.69) is 15.4 Å². The molecule has 0 fully saturated rings. The molecular formula is C10H12N4OS. The molecule has 2 aromatic rings. The maximum atomic E-state index is 11.6. The lowest BCUT2D eigenvalue weighted by atomic mass is 10.3. The summed E-state index contributed by atoms with van der Waals surface area (Å²) in [5, 5.41) is 9.68. The third-order valence-electron chi connectivity index (χ3n) is 2.06. The first-order chi connectivity index (χ1) is 7.65. The predicted molar refractivity (Wildman–Crippen MR) is 61.2 cm³/mol. The molecule has 6 heteroatoms. The topological polar surface area (TPSA) is 59.8 Å². The molecule has 1 N–H and O–H groups in total. The monoisotopic (exact) mass is 236 g/mol. The Morgan fingerprint density at radius 3 is 3.00 bits per heavy atom. The molecule has 0 saturated heterocycles. The van der Waals surface area contributed by atoms with Crippen molar-refractivity contribution in [1.82, 2.24) is 20.1 Å². The number of amides is 1. The van der Waals surface area contributed by atoms with Gasteiger partial charge in [-0.1, -0.05) is 0 Å². The summed E-state index contributed by atoms with van der Waals surface area (Å²) in [7, 11) is 1.78. The van der Waals surface area contributed by atoms with Gasteiger partial charge in [-0.2, -0.15) is 5.10 Å². The molecule has 0 aliphatic carbocycles. The molecule has 2 aromatic heterocycles. The van der Waals surface area contributed by atoms with Crippen LogP contribution in [0.5, 0.6) is 0 Å². The number of hydrogen-bond donors (Lipinski definition) is 1. The number of thiazole rings is 1. The molecule has 0 aliphatic rings. The summed E-state index contributed by atoms with van der Waals surface area (Å²) in [6.07, 6.45) is 3.23. The van der Waals surface area contributed by atoms with Crippen molar-refractivity contribution >= 4 is 17.2 Å². The number of aromatic nitrogens is 3. The Morgan fingerprint density at radius 1 is 1.62 bits per heavy atom. The van der Waals surface area contributed by atoms with Crippen LogP contribution in [0.15, 0.2) is 17.8 Å². The summed E-state index contributed by atoms with van der Waals surface area (Å²) in [5.41, 5.74) is 1.45. The summed E-state index contributed by atoms with van der Waals surface area (Å²) in [4.78, 5) is 15.9. The summed E-state index contributed by atoms with van der Waals surface area (Å²) >= 11 is 1.58. The lowest BCUT2D eigenvalue weighted by Crippen LogP contribution is -2.22. The van der Waals surface area contributed by atoms with Crippen LogP contribution in [-0.4, -0.2) is 20.7 Å². The fourth-order valence-electron chi connectivity index (χ4n) is 1.30. The van der Waals surface area contributed by atoms with Gasteiger partial charge in [0.05, 0.1) is 29.0 Å². The van der Waals surface area contributed by atoms with E-state index >= 15 is 0 Å². The summed E-state index contributed by atoms with van der Waals surface area (Å²) < 4.78 is 1.60. The second-order valence-electron chi connectivity index (χ2n) is 3.44. The Labute approximate surface area is 97.1 Å². The third-order valence-corrected chi connectivity index (χ3v) is 2.89. The number of nitrogens with one attached hydrogen (secondary N) is 1. The van der Waals surface area contributed by atoms with Crippen molar-refractivity contribution in [2.45, 2.75) is 13.5 Å². The second kappa shape index (κ2) is 4.44. The van der Waals surface area contributed by atoms with Crippen molar-refractivity contribution < 1.29 is 4.79 Å². The smallest absolute Gasteiger partial charge is 0.254 e. The molecule has 0 bridgehead atoms. The Bertz CT molecular complexity index is 502. The van der Waals surface area contributed by atoms with E-state index in [-0.39, 0.29) is 5.91 Å². The van der Waals surface area contributed by atoms with Gasteiger partial charge in [0.25, 0.3) is 5.91 Å². The van der Waals surface area contributed by atoms with E-state index in [9.17, 15) is 4.79 Å². The van der Waals surface area contributed by atoms with Gasteiger partial charge in [-0.3, -0.25) is 9.48 Å². The number of aryl methyl sites for hydroxylation is 2. The van der Waals surface area contributed by atoms with Crippen LogP contribution in [0, 0.1) is 6.92 Å². The van der Waals surface area contributed by atoms with Crippen LogP contribution in [0.25, 0.3) is 0 Å². The molecule has 0 saturated carbocycles. The highest BCUT2D eigenvalue weighted by Gasteiger charge is 2.07. The van der Waals surface area contributed by atoms with Gasteiger partial charge in [0.15, 0.2) is 0 Å². The van der Waals surface area contributed by atoms with Gasteiger partial charge in [-0.25, -0.2) is 4.98 Å². The molecule has 84 valence electrons. The first-order valence-corrected chi connectivity index (χ1v) is 5.71. The number of rotatable bonds is 3. The van der Waals surface area contributed by atoms with Crippen molar-refractivity contribution in [3.8, 4) is 0 Å². The SMILES string of the molecule is Cc1nc(CNC(=O)c2cnn(C)c2)cs1. The number of carbonyl (C=O) groups excluding carboxylic acids is 1. The molecule has 5 nitrogen and oxygen atoms in total. The lowest BCUT2D eigenvalue weighted by molar-refractivity contribution is 0.0950. The minimum atomic E-state index is -0.126. The fourth-order valence-corrected chi connectivity index (χ4v) is 1.91.